The first-order chi connectivity index (χ1) is 12.7. The molecular formula is C21H22N2O3. The highest BCUT2D eigenvalue weighted by Gasteiger charge is 2.24. The van der Waals surface area contributed by atoms with E-state index in [-0.39, 0.29) is 5.63 Å². The van der Waals surface area contributed by atoms with Crippen molar-refractivity contribution < 1.29 is 9.15 Å². The second-order valence-corrected chi connectivity index (χ2v) is 6.87. The predicted octanol–water partition coefficient (Wildman–Crippen LogP) is 3.64. The SMILES string of the molecule is COCC1CCN(c2ccc3c(-c4ccccc4C)cc(=O)oc3n2)C1. The van der Waals surface area contributed by atoms with Crippen LogP contribution in [0.5, 0.6) is 0 Å². The summed E-state index contributed by atoms with van der Waals surface area (Å²) >= 11 is 0. The van der Waals surface area contributed by atoms with Crippen molar-refractivity contribution in [3.63, 3.8) is 0 Å². The molecule has 26 heavy (non-hydrogen) atoms. The molecule has 1 aromatic carbocycles. The van der Waals surface area contributed by atoms with Gasteiger partial charge < -0.3 is 14.1 Å². The Hall–Kier alpha value is -2.66. The summed E-state index contributed by atoms with van der Waals surface area (Å²) in [5.41, 5.74) is 3.03. The number of ether oxygens (including phenoxy) is 1. The molecule has 0 bridgehead atoms. The zero-order valence-corrected chi connectivity index (χ0v) is 15.1. The van der Waals surface area contributed by atoms with Gasteiger partial charge in [0, 0.05) is 43.1 Å². The van der Waals surface area contributed by atoms with Gasteiger partial charge in [0.25, 0.3) is 0 Å². The molecule has 2 aromatic heterocycles. The number of pyridine rings is 1. The Morgan fingerprint density at radius 1 is 1.23 bits per heavy atom. The first kappa shape index (κ1) is 16.8. The number of aromatic nitrogens is 1. The molecule has 0 amide bonds. The molecule has 1 unspecified atom stereocenters. The summed E-state index contributed by atoms with van der Waals surface area (Å²) in [6.07, 6.45) is 1.08. The molecule has 0 aliphatic carbocycles. The van der Waals surface area contributed by atoms with Crippen molar-refractivity contribution in [2.45, 2.75) is 13.3 Å². The van der Waals surface area contributed by atoms with Crippen LogP contribution in [0.4, 0.5) is 5.82 Å². The lowest BCUT2D eigenvalue weighted by Crippen LogP contribution is -2.22. The highest BCUT2D eigenvalue weighted by Crippen LogP contribution is 2.31. The Bertz CT molecular complexity index is 996. The standard InChI is InChI=1S/C21H22N2O3/c1-14-5-3-4-6-16(14)18-11-20(24)26-21-17(18)7-8-19(22-21)23-10-9-15(12-23)13-25-2/h3-8,11,15H,9-10,12-13H2,1-2H3. The summed E-state index contributed by atoms with van der Waals surface area (Å²) in [6, 6.07) is 13.6. The normalized spacial score (nSPS) is 17.2. The lowest BCUT2D eigenvalue weighted by atomic mass is 9.99. The maximum atomic E-state index is 12.1. The predicted molar refractivity (Wildman–Crippen MR) is 103 cm³/mol. The van der Waals surface area contributed by atoms with Crippen LogP contribution < -0.4 is 10.5 Å². The summed E-state index contributed by atoms with van der Waals surface area (Å²) in [5, 5.41) is 0.857. The summed E-state index contributed by atoms with van der Waals surface area (Å²) in [7, 11) is 1.73. The molecule has 1 aliphatic rings. The van der Waals surface area contributed by atoms with Gasteiger partial charge in [-0.1, -0.05) is 24.3 Å². The number of rotatable bonds is 4. The van der Waals surface area contributed by atoms with E-state index in [1.807, 2.05) is 43.3 Å². The van der Waals surface area contributed by atoms with Crippen molar-refractivity contribution in [1.29, 1.82) is 0 Å². The molecule has 1 fully saturated rings. The third kappa shape index (κ3) is 3.10. The number of anilines is 1. The van der Waals surface area contributed by atoms with Crippen LogP contribution in [0.15, 0.2) is 51.7 Å². The van der Waals surface area contributed by atoms with Gasteiger partial charge in [0.05, 0.1) is 6.61 Å². The molecule has 3 aromatic rings. The van der Waals surface area contributed by atoms with Crippen molar-refractivity contribution in [2.24, 2.45) is 5.92 Å². The van der Waals surface area contributed by atoms with Crippen molar-refractivity contribution >= 4 is 16.9 Å². The van der Waals surface area contributed by atoms with Crippen LogP contribution in [-0.2, 0) is 4.74 Å². The lowest BCUT2D eigenvalue weighted by molar-refractivity contribution is 0.161. The summed E-state index contributed by atoms with van der Waals surface area (Å²) in [5.74, 6) is 1.36. The Morgan fingerprint density at radius 3 is 2.88 bits per heavy atom. The molecule has 0 spiro atoms. The molecule has 0 radical (unpaired) electrons. The lowest BCUT2D eigenvalue weighted by Gasteiger charge is -2.18. The van der Waals surface area contributed by atoms with E-state index in [9.17, 15) is 4.79 Å². The molecule has 0 saturated carbocycles. The van der Waals surface area contributed by atoms with E-state index in [1.54, 1.807) is 13.2 Å². The second-order valence-electron chi connectivity index (χ2n) is 6.87. The first-order valence-electron chi connectivity index (χ1n) is 8.90. The van der Waals surface area contributed by atoms with Gasteiger partial charge in [-0.3, -0.25) is 0 Å². The fourth-order valence-electron chi connectivity index (χ4n) is 3.72. The third-order valence-electron chi connectivity index (χ3n) is 5.04. The van der Waals surface area contributed by atoms with Crippen LogP contribution in [0.25, 0.3) is 22.2 Å². The van der Waals surface area contributed by atoms with Gasteiger partial charge in [0.1, 0.15) is 5.82 Å². The van der Waals surface area contributed by atoms with Gasteiger partial charge in [0.2, 0.25) is 5.71 Å². The molecule has 1 aliphatic heterocycles. The van der Waals surface area contributed by atoms with E-state index in [2.05, 4.69) is 9.88 Å². The van der Waals surface area contributed by atoms with Crippen molar-refractivity contribution in [3.05, 3.63) is 58.4 Å². The molecule has 5 nitrogen and oxygen atoms in total. The minimum Gasteiger partial charge on any atom is -0.404 e. The largest absolute Gasteiger partial charge is 0.404 e. The molecular weight excluding hydrogens is 328 g/mol. The molecule has 134 valence electrons. The number of aryl methyl sites for hydroxylation is 1. The fraction of sp³-hybridized carbons (Fsp3) is 0.333. The molecule has 5 heteroatoms. The van der Waals surface area contributed by atoms with Crippen LogP contribution in [0.3, 0.4) is 0 Å². The molecule has 3 heterocycles. The Labute approximate surface area is 152 Å². The van der Waals surface area contributed by atoms with Gasteiger partial charge in [-0.25, -0.2) is 4.79 Å². The minimum absolute atomic E-state index is 0.376. The van der Waals surface area contributed by atoms with Crippen LogP contribution in [0.2, 0.25) is 0 Å². The van der Waals surface area contributed by atoms with Crippen LogP contribution >= 0.6 is 0 Å². The summed E-state index contributed by atoms with van der Waals surface area (Å²) in [4.78, 5) is 19.0. The van der Waals surface area contributed by atoms with E-state index in [4.69, 9.17) is 9.15 Å². The fourth-order valence-corrected chi connectivity index (χ4v) is 3.72. The molecule has 1 saturated heterocycles. The number of fused-ring (bicyclic) bond motifs is 1. The number of hydrogen-bond donors (Lipinski definition) is 0. The van der Waals surface area contributed by atoms with Crippen molar-refractivity contribution in [1.82, 2.24) is 4.98 Å². The Kier molecular flexibility index (Phi) is 4.47. The number of methoxy groups -OCH3 is 1. The average molecular weight is 350 g/mol. The quantitative estimate of drug-likeness (QED) is 0.719. The summed E-state index contributed by atoms with van der Waals surface area (Å²) < 4.78 is 10.7. The van der Waals surface area contributed by atoms with Crippen molar-refractivity contribution in [2.75, 3.05) is 31.7 Å². The highest BCUT2D eigenvalue weighted by atomic mass is 16.5. The van der Waals surface area contributed by atoms with Gasteiger partial charge >= 0.3 is 5.63 Å². The topological polar surface area (TPSA) is 55.6 Å². The zero-order chi connectivity index (χ0) is 18.1. The summed E-state index contributed by atoms with van der Waals surface area (Å²) in [6.45, 7) is 4.65. The van der Waals surface area contributed by atoms with Crippen LogP contribution in [-0.4, -0.2) is 31.8 Å². The Balaban J connectivity index is 1.76. The van der Waals surface area contributed by atoms with Gasteiger partial charge in [0.15, 0.2) is 0 Å². The van der Waals surface area contributed by atoms with Crippen LogP contribution in [0, 0.1) is 12.8 Å². The smallest absolute Gasteiger partial charge is 0.338 e. The average Bonchev–Trinajstić information content (AvgIpc) is 3.10. The second kappa shape index (κ2) is 6.92. The van der Waals surface area contributed by atoms with Gasteiger partial charge in [-0.15, -0.1) is 0 Å². The number of hydrogen-bond acceptors (Lipinski definition) is 5. The Morgan fingerprint density at radius 2 is 2.08 bits per heavy atom. The number of nitrogens with zero attached hydrogens (tertiary/aromatic N) is 2. The van der Waals surface area contributed by atoms with E-state index >= 15 is 0 Å². The molecule has 4 rings (SSSR count). The van der Waals surface area contributed by atoms with E-state index < -0.39 is 0 Å². The highest BCUT2D eigenvalue weighted by molar-refractivity contribution is 5.92. The van der Waals surface area contributed by atoms with Crippen LogP contribution in [0.1, 0.15) is 12.0 Å². The minimum atomic E-state index is -0.376. The zero-order valence-electron chi connectivity index (χ0n) is 15.1. The molecule has 1 atom stereocenters. The van der Waals surface area contributed by atoms with E-state index in [0.29, 0.717) is 11.6 Å². The van der Waals surface area contributed by atoms with Crippen molar-refractivity contribution in [3.8, 4) is 11.1 Å². The number of benzene rings is 1. The van der Waals surface area contributed by atoms with Gasteiger partial charge in [-0.2, -0.15) is 4.98 Å². The third-order valence-corrected chi connectivity index (χ3v) is 5.04. The van der Waals surface area contributed by atoms with E-state index in [0.717, 1.165) is 54.0 Å². The van der Waals surface area contributed by atoms with E-state index in [1.165, 1.54) is 0 Å². The monoisotopic (exact) mass is 350 g/mol. The maximum absolute atomic E-state index is 12.1. The first-order valence-corrected chi connectivity index (χ1v) is 8.90. The molecule has 0 N–H and O–H groups in total. The maximum Gasteiger partial charge on any atom is 0.338 e. The van der Waals surface area contributed by atoms with Gasteiger partial charge in [-0.05, 0) is 36.6 Å².